The molecule has 0 spiro atoms. The van der Waals surface area contributed by atoms with Crippen LogP contribution in [0, 0.1) is 0 Å². The average Bonchev–Trinajstić information content (AvgIpc) is 2.45. The molecule has 1 rings (SSSR count). The Kier molecular flexibility index (Phi) is 6.17. The zero-order valence-corrected chi connectivity index (χ0v) is 12.4. The van der Waals surface area contributed by atoms with E-state index < -0.39 is 0 Å². The highest BCUT2D eigenvalue weighted by molar-refractivity contribution is 6.00. The summed E-state index contributed by atoms with van der Waals surface area (Å²) in [6.45, 7) is 6.22. The number of rotatable bonds is 7. The average molecular weight is 282 g/mol. The maximum absolute atomic E-state index is 8.97. The summed E-state index contributed by atoms with van der Waals surface area (Å²) in [6.07, 6.45) is 1.20. The zero-order chi connectivity index (χ0) is 15.1. The number of aromatic nitrogens is 2. The van der Waals surface area contributed by atoms with Gasteiger partial charge in [-0.05, 0) is 25.3 Å². The fourth-order valence-electron chi connectivity index (χ4n) is 2.01. The third kappa shape index (κ3) is 3.57. The molecule has 1 atom stereocenters. The van der Waals surface area contributed by atoms with Gasteiger partial charge in [-0.25, -0.2) is 0 Å². The van der Waals surface area contributed by atoms with Crippen LogP contribution in [0.4, 0.5) is 0 Å². The fourth-order valence-corrected chi connectivity index (χ4v) is 2.01. The van der Waals surface area contributed by atoms with Crippen molar-refractivity contribution in [2.45, 2.75) is 39.7 Å². The molecular formula is C13H22N4O3. The van der Waals surface area contributed by atoms with Gasteiger partial charge in [0.05, 0.1) is 17.9 Å². The van der Waals surface area contributed by atoms with Gasteiger partial charge in [0, 0.05) is 7.11 Å². The van der Waals surface area contributed by atoms with E-state index in [1.165, 1.54) is 0 Å². The SMILES string of the molecule is CCc1nnc(OC(C)COC)c(C(N)=NO)c1CC. The zero-order valence-electron chi connectivity index (χ0n) is 12.4. The van der Waals surface area contributed by atoms with Gasteiger partial charge in [0.15, 0.2) is 5.84 Å². The minimum absolute atomic E-state index is 0.0222. The first-order valence-corrected chi connectivity index (χ1v) is 6.60. The van der Waals surface area contributed by atoms with Gasteiger partial charge in [-0.15, -0.1) is 5.10 Å². The molecule has 20 heavy (non-hydrogen) atoms. The molecule has 0 radical (unpaired) electrons. The molecule has 0 aromatic carbocycles. The van der Waals surface area contributed by atoms with Gasteiger partial charge in [-0.3, -0.25) is 0 Å². The minimum Gasteiger partial charge on any atom is -0.471 e. The molecular weight excluding hydrogens is 260 g/mol. The van der Waals surface area contributed by atoms with Crippen LogP contribution in [0.5, 0.6) is 5.88 Å². The van der Waals surface area contributed by atoms with Gasteiger partial charge in [0.25, 0.3) is 0 Å². The Morgan fingerprint density at radius 2 is 2.05 bits per heavy atom. The Balaban J connectivity index is 3.29. The van der Waals surface area contributed by atoms with E-state index in [1.54, 1.807) is 7.11 Å². The smallest absolute Gasteiger partial charge is 0.245 e. The van der Waals surface area contributed by atoms with Crippen molar-refractivity contribution in [3.05, 3.63) is 16.8 Å². The number of oxime groups is 1. The van der Waals surface area contributed by atoms with Crippen LogP contribution in [0.25, 0.3) is 0 Å². The van der Waals surface area contributed by atoms with Crippen LogP contribution in [0.3, 0.4) is 0 Å². The summed E-state index contributed by atoms with van der Waals surface area (Å²) in [6, 6.07) is 0. The highest BCUT2D eigenvalue weighted by Gasteiger charge is 2.20. The van der Waals surface area contributed by atoms with Crippen molar-refractivity contribution >= 4 is 5.84 Å². The highest BCUT2D eigenvalue weighted by Crippen LogP contribution is 2.23. The highest BCUT2D eigenvalue weighted by atomic mass is 16.5. The lowest BCUT2D eigenvalue weighted by Gasteiger charge is -2.18. The van der Waals surface area contributed by atoms with Gasteiger partial charge in [-0.2, -0.15) is 5.10 Å². The standard InChI is InChI=1S/C13H22N4O3/c1-5-9-10(6-2)15-16-13(11(9)12(14)17-18)20-8(3)7-19-4/h8,18H,5-7H2,1-4H3,(H2,14,17). The maximum Gasteiger partial charge on any atom is 0.245 e. The number of amidine groups is 1. The minimum atomic E-state index is -0.211. The summed E-state index contributed by atoms with van der Waals surface area (Å²) in [5.41, 5.74) is 7.98. The van der Waals surface area contributed by atoms with E-state index in [0.29, 0.717) is 18.6 Å². The molecule has 1 heterocycles. The van der Waals surface area contributed by atoms with Crippen LogP contribution >= 0.6 is 0 Å². The Bertz CT molecular complexity index is 477. The third-order valence-electron chi connectivity index (χ3n) is 2.89. The van der Waals surface area contributed by atoms with Crippen molar-refractivity contribution in [1.29, 1.82) is 0 Å². The summed E-state index contributed by atoms with van der Waals surface area (Å²) in [4.78, 5) is 0. The van der Waals surface area contributed by atoms with Gasteiger partial charge < -0.3 is 20.4 Å². The fraction of sp³-hybridized carbons (Fsp3) is 0.615. The van der Waals surface area contributed by atoms with Crippen LogP contribution in [0.15, 0.2) is 5.16 Å². The number of ether oxygens (including phenoxy) is 2. The molecule has 0 bridgehead atoms. The number of hydrogen-bond acceptors (Lipinski definition) is 6. The lowest BCUT2D eigenvalue weighted by atomic mass is 10.0. The Morgan fingerprint density at radius 3 is 2.55 bits per heavy atom. The second-order valence-electron chi connectivity index (χ2n) is 4.38. The maximum atomic E-state index is 8.97. The quantitative estimate of drug-likeness (QED) is 0.336. The number of nitrogens with two attached hydrogens (primary N) is 1. The Hall–Kier alpha value is -1.89. The van der Waals surface area contributed by atoms with E-state index in [0.717, 1.165) is 17.7 Å². The van der Waals surface area contributed by atoms with Crippen molar-refractivity contribution in [1.82, 2.24) is 10.2 Å². The number of nitrogens with zero attached hydrogens (tertiary/aromatic N) is 3. The first-order valence-electron chi connectivity index (χ1n) is 6.60. The summed E-state index contributed by atoms with van der Waals surface area (Å²) < 4.78 is 10.7. The van der Waals surface area contributed by atoms with Gasteiger partial charge in [-0.1, -0.05) is 19.0 Å². The predicted octanol–water partition coefficient (Wildman–Crippen LogP) is 1.11. The van der Waals surface area contributed by atoms with Crippen molar-refractivity contribution in [3.8, 4) is 5.88 Å². The van der Waals surface area contributed by atoms with Crippen LogP contribution in [0.1, 0.15) is 37.6 Å². The van der Waals surface area contributed by atoms with E-state index in [1.807, 2.05) is 20.8 Å². The first kappa shape index (κ1) is 16.2. The molecule has 1 aromatic rings. The van der Waals surface area contributed by atoms with E-state index in [4.69, 9.17) is 20.4 Å². The third-order valence-corrected chi connectivity index (χ3v) is 2.89. The second kappa shape index (κ2) is 7.64. The molecule has 7 heteroatoms. The molecule has 0 amide bonds. The summed E-state index contributed by atoms with van der Waals surface area (Å²) in [7, 11) is 1.59. The van der Waals surface area contributed by atoms with E-state index in [9.17, 15) is 0 Å². The molecule has 0 saturated carbocycles. The Labute approximate surface area is 118 Å². The monoisotopic (exact) mass is 282 g/mol. The topological polar surface area (TPSA) is 103 Å². The number of methoxy groups -OCH3 is 1. The normalized spacial score (nSPS) is 13.3. The molecule has 3 N–H and O–H groups in total. The van der Waals surface area contributed by atoms with Crippen LogP contribution in [-0.2, 0) is 17.6 Å². The molecule has 0 aliphatic rings. The molecule has 0 fully saturated rings. The number of aryl methyl sites for hydroxylation is 1. The van der Waals surface area contributed by atoms with Gasteiger partial charge >= 0.3 is 0 Å². The van der Waals surface area contributed by atoms with Crippen LogP contribution in [-0.4, -0.2) is 41.1 Å². The van der Waals surface area contributed by atoms with E-state index in [-0.39, 0.29) is 17.8 Å². The molecule has 1 unspecified atom stereocenters. The van der Waals surface area contributed by atoms with Crippen LogP contribution in [0.2, 0.25) is 0 Å². The predicted molar refractivity (Wildman–Crippen MR) is 75.3 cm³/mol. The first-order chi connectivity index (χ1) is 9.58. The second-order valence-corrected chi connectivity index (χ2v) is 4.38. The Morgan fingerprint density at radius 1 is 1.35 bits per heavy atom. The molecule has 0 saturated heterocycles. The summed E-state index contributed by atoms with van der Waals surface area (Å²) >= 11 is 0. The lowest BCUT2D eigenvalue weighted by Crippen LogP contribution is -2.25. The van der Waals surface area contributed by atoms with Crippen molar-refractivity contribution in [2.24, 2.45) is 10.9 Å². The van der Waals surface area contributed by atoms with Gasteiger partial charge in [0.1, 0.15) is 6.10 Å². The molecule has 112 valence electrons. The van der Waals surface area contributed by atoms with E-state index in [2.05, 4.69) is 15.4 Å². The summed E-state index contributed by atoms with van der Waals surface area (Å²) in [5, 5.41) is 20.2. The largest absolute Gasteiger partial charge is 0.471 e. The number of hydrogen-bond donors (Lipinski definition) is 2. The molecule has 0 aliphatic carbocycles. The van der Waals surface area contributed by atoms with Gasteiger partial charge in [0.2, 0.25) is 5.88 Å². The lowest BCUT2D eigenvalue weighted by molar-refractivity contribution is 0.0879. The molecule has 1 aromatic heterocycles. The molecule has 0 aliphatic heterocycles. The van der Waals surface area contributed by atoms with E-state index >= 15 is 0 Å². The van der Waals surface area contributed by atoms with Crippen molar-refractivity contribution in [3.63, 3.8) is 0 Å². The van der Waals surface area contributed by atoms with Crippen LogP contribution < -0.4 is 10.5 Å². The summed E-state index contributed by atoms with van der Waals surface area (Å²) in [5.74, 6) is 0.241. The van der Waals surface area contributed by atoms with Crippen molar-refractivity contribution < 1.29 is 14.7 Å². The molecule has 7 nitrogen and oxygen atoms in total. The van der Waals surface area contributed by atoms with Crippen molar-refractivity contribution in [2.75, 3.05) is 13.7 Å².